The average molecular weight is 294 g/mol. The van der Waals surface area contributed by atoms with Crippen LogP contribution in [0, 0.1) is 0 Å². The van der Waals surface area contributed by atoms with Gasteiger partial charge in [0.25, 0.3) is 0 Å². The van der Waals surface area contributed by atoms with Gasteiger partial charge < -0.3 is 10.4 Å². The van der Waals surface area contributed by atoms with Gasteiger partial charge in [0, 0.05) is 24.5 Å². The molecular formula is C13H9Cl2N3O. The second kappa shape index (κ2) is 4.72. The van der Waals surface area contributed by atoms with Crippen LogP contribution in [0.15, 0.2) is 30.6 Å². The molecule has 0 saturated heterocycles. The SMILES string of the molecule is OC1=C(c2ccc(Cl)c(Cl)c2)CNc2nccnc21. The molecule has 0 amide bonds. The number of aromatic nitrogens is 2. The van der Waals surface area contributed by atoms with Crippen LogP contribution in [0.3, 0.4) is 0 Å². The van der Waals surface area contributed by atoms with E-state index in [1.807, 2.05) is 6.07 Å². The quantitative estimate of drug-likeness (QED) is 0.843. The summed E-state index contributed by atoms with van der Waals surface area (Å²) < 4.78 is 0. The number of rotatable bonds is 1. The van der Waals surface area contributed by atoms with Crippen molar-refractivity contribution in [3.05, 3.63) is 51.9 Å². The first-order valence-electron chi connectivity index (χ1n) is 5.59. The van der Waals surface area contributed by atoms with Gasteiger partial charge in [-0.25, -0.2) is 9.97 Å². The smallest absolute Gasteiger partial charge is 0.156 e. The molecule has 2 aromatic rings. The second-order valence-electron chi connectivity index (χ2n) is 4.06. The van der Waals surface area contributed by atoms with Gasteiger partial charge in [-0.3, -0.25) is 0 Å². The number of halogens is 2. The Balaban J connectivity index is 2.13. The monoisotopic (exact) mass is 293 g/mol. The van der Waals surface area contributed by atoms with E-state index in [9.17, 15) is 5.11 Å². The normalized spacial score (nSPS) is 14.0. The van der Waals surface area contributed by atoms with Crippen LogP contribution < -0.4 is 5.32 Å². The molecule has 1 aromatic heterocycles. The first kappa shape index (κ1) is 12.3. The van der Waals surface area contributed by atoms with Crippen molar-refractivity contribution in [2.45, 2.75) is 0 Å². The third-order valence-corrected chi connectivity index (χ3v) is 3.65. The van der Waals surface area contributed by atoms with Crippen molar-refractivity contribution in [1.82, 2.24) is 9.97 Å². The molecule has 2 N–H and O–H groups in total. The predicted octanol–water partition coefficient (Wildman–Crippen LogP) is 3.64. The Kier molecular flexibility index (Phi) is 3.05. The Morgan fingerprint density at radius 2 is 1.89 bits per heavy atom. The lowest BCUT2D eigenvalue weighted by Gasteiger charge is -2.19. The van der Waals surface area contributed by atoms with E-state index in [0.29, 0.717) is 33.7 Å². The fourth-order valence-electron chi connectivity index (χ4n) is 1.96. The summed E-state index contributed by atoms with van der Waals surface area (Å²) in [6.07, 6.45) is 3.11. The van der Waals surface area contributed by atoms with Crippen molar-refractivity contribution in [3.8, 4) is 0 Å². The van der Waals surface area contributed by atoms with E-state index in [2.05, 4.69) is 15.3 Å². The van der Waals surface area contributed by atoms with Gasteiger partial charge in [0.15, 0.2) is 11.6 Å². The standard InChI is InChI=1S/C13H9Cl2N3O/c14-9-2-1-7(5-10(9)15)8-6-18-13-11(12(8)19)16-3-4-17-13/h1-5,19H,6H2,(H,17,18). The van der Waals surface area contributed by atoms with Crippen LogP contribution in [0.25, 0.3) is 11.3 Å². The summed E-state index contributed by atoms with van der Waals surface area (Å²) in [5.74, 6) is 0.684. The fourth-order valence-corrected chi connectivity index (χ4v) is 2.26. The van der Waals surface area contributed by atoms with Gasteiger partial charge in [-0.15, -0.1) is 0 Å². The number of aliphatic hydroxyl groups excluding tert-OH is 1. The molecule has 3 rings (SSSR count). The number of nitrogens with one attached hydrogen (secondary N) is 1. The molecule has 0 atom stereocenters. The Morgan fingerprint density at radius 3 is 2.68 bits per heavy atom. The van der Waals surface area contributed by atoms with E-state index in [4.69, 9.17) is 23.2 Å². The minimum absolute atomic E-state index is 0.111. The molecule has 1 aliphatic heterocycles. The van der Waals surface area contributed by atoms with Gasteiger partial charge >= 0.3 is 0 Å². The van der Waals surface area contributed by atoms with Crippen LogP contribution in [-0.2, 0) is 0 Å². The molecule has 0 bridgehead atoms. The van der Waals surface area contributed by atoms with Gasteiger partial charge in [-0.05, 0) is 17.7 Å². The Labute approximate surface area is 119 Å². The van der Waals surface area contributed by atoms with E-state index in [-0.39, 0.29) is 5.76 Å². The number of hydrogen-bond acceptors (Lipinski definition) is 4. The molecule has 4 nitrogen and oxygen atoms in total. The third-order valence-electron chi connectivity index (χ3n) is 2.91. The lowest BCUT2D eigenvalue weighted by Crippen LogP contribution is -2.15. The Morgan fingerprint density at radius 1 is 1.11 bits per heavy atom. The highest BCUT2D eigenvalue weighted by atomic mass is 35.5. The summed E-state index contributed by atoms with van der Waals surface area (Å²) in [4.78, 5) is 8.24. The molecule has 0 unspecified atom stereocenters. The molecule has 0 fully saturated rings. The van der Waals surface area contributed by atoms with Crippen LogP contribution in [0.2, 0.25) is 10.0 Å². The van der Waals surface area contributed by atoms with Crippen molar-refractivity contribution in [2.75, 3.05) is 11.9 Å². The molecule has 0 saturated carbocycles. The Hall–Kier alpha value is -1.78. The summed E-state index contributed by atoms with van der Waals surface area (Å²) in [7, 11) is 0. The molecule has 96 valence electrons. The number of fused-ring (bicyclic) bond motifs is 1. The van der Waals surface area contributed by atoms with Gasteiger partial charge in [0.2, 0.25) is 0 Å². The van der Waals surface area contributed by atoms with Crippen molar-refractivity contribution in [3.63, 3.8) is 0 Å². The fraction of sp³-hybridized carbons (Fsp3) is 0.0769. The number of nitrogens with zero attached hydrogens (tertiary/aromatic N) is 2. The second-order valence-corrected chi connectivity index (χ2v) is 4.88. The van der Waals surface area contributed by atoms with Crippen molar-refractivity contribution >= 4 is 40.4 Å². The van der Waals surface area contributed by atoms with Crippen LogP contribution in [-0.4, -0.2) is 21.6 Å². The first-order valence-corrected chi connectivity index (χ1v) is 6.35. The Bertz CT molecular complexity index is 685. The maximum atomic E-state index is 10.3. The van der Waals surface area contributed by atoms with Crippen molar-refractivity contribution < 1.29 is 5.11 Å². The van der Waals surface area contributed by atoms with Gasteiger partial charge in [0.1, 0.15) is 5.69 Å². The maximum Gasteiger partial charge on any atom is 0.156 e. The summed E-state index contributed by atoms with van der Waals surface area (Å²) in [6, 6.07) is 5.23. The highest BCUT2D eigenvalue weighted by Crippen LogP contribution is 2.33. The molecule has 6 heteroatoms. The maximum absolute atomic E-state index is 10.3. The van der Waals surface area contributed by atoms with E-state index >= 15 is 0 Å². The van der Waals surface area contributed by atoms with Gasteiger partial charge in [-0.1, -0.05) is 29.3 Å². The summed E-state index contributed by atoms with van der Waals surface area (Å²) in [5.41, 5.74) is 1.96. The number of aliphatic hydroxyl groups is 1. The third kappa shape index (κ3) is 2.13. The zero-order valence-corrected chi connectivity index (χ0v) is 11.2. The molecule has 1 aliphatic rings. The number of benzene rings is 1. The van der Waals surface area contributed by atoms with E-state index < -0.39 is 0 Å². The van der Waals surface area contributed by atoms with Crippen LogP contribution in [0.1, 0.15) is 11.3 Å². The molecule has 2 heterocycles. The van der Waals surface area contributed by atoms with Crippen molar-refractivity contribution in [2.24, 2.45) is 0 Å². The molecule has 19 heavy (non-hydrogen) atoms. The zero-order chi connectivity index (χ0) is 13.4. The largest absolute Gasteiger partial charge is 0.505 e. The summed E-state index contributed by atoms with van der Waals surface area (Å²) >= 11 is 11.9. The first-order chi connectivity index (χ1) is 9.16. The molecular weight excluding hydrogens is 285 g/mol. The minimum Gasteiger partial charge on any atom is -0.505 e. The molecule has 0 radical (unpaired) electrons. The van der Waals surface area contributed by atoms with Crippen molar-refractivity contribution in [1.29, 1.82) is 0 Å². The lowest BCUT2D eigenvalue weighted by atomic mass is 10.0. The van der Waals surface area contributed by atoms with E-state index in [0.717, 1.165) is 5.56 Å². The number of hydrogen-bond donors (Lipinski definition) is 2. The summed E-state index contributed by atoms with van der Waals surface area (Å²) in [5, 5.41) is 14.3. The lowest BCUT2D eigenvalue weighted by molar-refractivity contribution is 0.508. The summed E-state index contributed by atoms with van der Waals surface area (Å²) in [6.45, 7) is 0.454. The van der Waals surface area contributed by atoms with Crippen LogP contribution in [0.4, 0.5) is 5.82 Å². The molecule has 0 spiro atoms. The highest BCUT2D eigenvalue weighted by Gasteiger charge is 2.21. The minimum atomic E-state index is 0.111. The predicted molar refractivity (Wildman–Crippen MR) is 76.4 cm³/mol. The highest BCUT2D eigenvalue weighted by molar-refractivity contribution is 6.42. The number of anilines is 1. The topological polar surface area (TPSA) is 58.0 Å². The molecule has 0 aliphatic carbocycles. The molecule has 1 aromatic carbocycles. The van der Waals surface area contributed by atoms with Gasteiger partial charge in [0.05, 0.1) is 10.0 Å². The zero-order valence-electron chi connectivity index (χ0n) is 9.69. The van der Waals surface area contributed by atoms with Crippen LogP contribution >= 0.6 is 23.2 Å². The van der Waals surface area contributed by atoms with E-state index in [1.165, 1.54) is 6.20 Å². The van der Waals surface area contributed by atoms with Gasteiger partial charge in [-0.2, -0.15) is 0 Å². The van der Waals surface area contributed by atoms with E-state index in [1.54, 1.807) is 18.3 Å². The van der Waals surface area contributed by atoms with Crippen LogP contribution in [0.5, 0.6) is 0 Å². The average Bonchev–Trinajstić information content (AvgIpc) is 2.43.